The van der Waals surface area contributed by atoms with Crippen LogP contribution in [-0.4, -0.2) is 4.98 Å². The van der Waals surface area contributed by atoms with E-state index in [1.165, 1.54) is 11.3 Å². The number of nitrogens with one attached hydrogen (secondary N) is 1. The van der Waals surface area contributed by atoms with Crippen LogP contribution in [0.15, 0.2) is 18.7 Å². The third-order valence-corrected chi connectivity index (χ3v) is 1.87. The van der Waals surface area contributed by atoms with Gasteiger partial charge < -0.3 is 4.98 Å². The van der Waals surface area contributed by atoms with E-state index in [0.29, 0.717) is 0 Å². The number of aryl methyl sites for hydroxylation is 1. The molecule has 0 aromatic carbocycles. The minimum atomic E-state index is 1.04. The summed E-state index contributed by atoms with van der Waals surface area (Å²) in [7, 11) is 0. The van der Waals surface area contributed by atoms with E-state index in [-0.39, 0.29) is 0 Å². The van der Waals surface area contributed by atoms with E-state index in [0.717, 1.165) is 12.1 Å². The molecule has 1 heteroatoms. The van der Waals surface area contributed by atoms with Crippen molar-refractivity contribution in [3.63, 3.8) is 0 Å². The van der Waals surface area contributed by atoms with Crippen molar-refractivity contribution in [1.82, 2.24) is 4.98 Å². The summed E-state index contributed by atoms with van der Waals surface area (Å²) in [5.74, 6) is 0. The third kappa shape index (κ3) is 1.67. The molecule has 0 bridgehead atoms. The maximum atomic E-state index is 3.77. The highest BCUT2D eigenvalue weighted by Crippen LogP contribution is 2.14. The van der Waals surface area contributed by atoms with Gasteiger partial charge in [0.05, 0.1) is 0 Å². The first-order chi connectivity index (χ1) is 5.81. The molecule has 1 nitrogen and oxygen atoms in total. The molecule has 1 N–H and O–H groups in total. The average Bonchev–Trinajstić information content (AvgIpc) is 2.48. The van der Waals surface area contributed by atoms with Crippen molar-refractivity contribution < 1.29 is 0 Å². The van der Waals surface area contributed by atoms with E-state index in [1.54, 1.807) is 0 Å². The van der Waals surface area contributed by atoms with E-state index >= 15 is 0 Å². The van der Waals surface area contributed by atoms with Crippen LogP contribution in [0.1, 0.15) is 30.8 Å². The summed E-state index contributed by atoms with van der Waals surface area (Å²) in [6.07, 6.45) is 7.01. The standard InChI is InChI=1S/C11H15N/c1-4-7-11-9(5-2)8-10(6-3)12-11/h4-5,7-8,12H,2,6H2,1,3H3/b7-4-. The second-order valence-electron chi connectivity index (χ2n) is 2.72. The van der Waals surface area contributed by atoms with E-state index in [2.05, 4.69) is 30.6 Å². The highest BCUT2D eigenvalue weighted by atomic mass is 14.7. The molecule has 1 rings (SSSR count). The number of allylic oxidation sites excluding steroid dienone is 1. The van der Waals surface area contributed by atoms with Crippen LogP contribution in [0.3, 0.4) is 0 Å². The summed E-state index contributed by atoms with van der Waals surface area (Å²) in [5, 5.41) is 0. The molecule has 0 saturated carbocycles. The molecule has 0 aliphatic heterocycles. The molecular weight excluding hydrogens is 146 g/mol. The third-order valence-electron chi connectivity index (χ3n) is 1.87. The van der Waals surface area contributed by atoms with Gasteiger partial charge in [-0.2, -0.15) is 0 Å². The summed E-state index contributed by atoms with van der Waals surface area (Å²) >= 11 is 0. The number of H-pyrrole nitrogens is 1. The zero-order chi connectivity index (χ0) is 8.97. The van der Waals surface area contributed by atoms with Crippen LogP contribution in [0.4, 0.5) is 0 Å². The second-order valence-corrected chi connectivity index (χ2v) is 2.72. The predicted molar refractivity (Wildman–Crippen MR) is 55.0 cm³/mol. The molecule has 0 fully saturated rings. The van der Waals surface area contributed by atoms with Gasteiger partial charge in [0.15, 0.2) is 0 Å². The van der Waals surface area contributed by atoms with Crippen LogP contribution in [-0.2, 0) is 6.42 Å². The first kappa shape index (κ1) is 8.85. The summed E-state index contributed by atoms with van der Waals surface area (Å²) in [4.78, 5) is 3.33. The van der Waals surface area contributed by atoms with Crippen LogP contribution in [0.25, 0.3) is 12.2 Å². The highest BCUT2D eigenvalue weighted by Gasteiger charge is 1.99. The van der Waals surface area contributed by atoms with E-state index < -0.39 is 0 Å². The quantitative estimate of drug-likeness (QED) is 0.700. The van der Waals surface area contributed by atoms with Crippen LogP contribution in [0.2, 0.25) is 0 Å². The molecular formula is C11H15N. The molecule has 0 amide bonds. The highest BCUT2D eigenvalue weighted by molar-refractivity contribution is 5.62. The minimum Gasteiger partial charge on any atom is -0.358 e. The lowest BCUT2D eigenvalue weighted by atomic mass is 10.2. The predicted octanol–water partition coefficient (Wildman–Crippen LogP) is 3.25. The van der Waals surface area contributed by atoms with Gasteiger partial charge in [-0.1, -0.05) is 25.7 Å². The Morgan fingerprint density at radius 1 is 1.58 bits per heavy atom. The second kappa shape index (κ2) is 3.96. The number of rotatable bonds is 3. The van der Waals surface area contributed by atoms with Crippen molar-refractivity contribution in [1.29, 1.82) is 0 Å². The Morgan fingerprint density at radius 3 is 2.83 bits per heavy atom. The van der Waals surface area contributed by atoms with E-state index in [4.69, 9.17) is 0 Å². The zero-order valence-corrected chi connectivity index (χ0v) is 7.72. The maximum Gasteiger partial charge on any atom is 0.0452 e. The number of hydrogen-bond acceptors (Lipinski definition) is 0. The summed E-state index contributed by atoms with van der Waals surface area (Å²) < 4.78 is 0. The lowest BCUT2D eigenvalue weighted by molar-refractivity contribution is 1.06. The van der Waals surface area contributed by atoms with Gasteiger partial charge in [0.1, 0.15) is 0 Å². The molecule has 1 heterocycles. The molecule has 0 unspecified atom stereocenters. The molecule has 0 aliphatic carbocycles. The van der Waals surface area contributed by atoms with Crippen LogP contribution in [0, 0.1) is 0 Å². The molecule has 1 aromatic heterocycles. The number of aromatic amines is 1. The lowest BCUT2D eigenvalue weighted by Gasteiger charge is -1.89. The van der Waals surface area contributed by atoms with E-state index in [9.17, 15) is 0 Å². The normalized spacial score (nSPS) is 10.8. The fraction of sp³-hybridized carbons (Fsp3) is 0.273. The first-order valence-corrected chi connectivity index (χ1v) is 4.28. The van der Waals surface area contributed by atoms with Gasteiger partial charge in [-0.05, 0) is 31.1 Å². The Morgan fingerprint density at radius 2 is 2.33 bits per heavy atom. The molecule has 0 aliphatic rings. The fourth-order valence-electron chi connectivity index (χ4n) is 1.21. The molecule has 12 heavy (non-hydrogen) atoms. The smallest absolute Gasteiger partial charge is 0.0452 e. The van der Waals surface area contributed by atoms with Crippen LogP contribution < -0.4 is 0 Å². The van der Waals surface area contributed by atoms with Gasteiger partial charge in [0, 0.05) is 11.4 Å². The Hall–Kier alpha value is -1.24. The molecule has 1 aromatic rings. The van der Waals surface area contributed by atoms with Gasteiger partial charge in [-0.3, -0.25) is 0 Å². The minimum absolute atomic E-state index is 1.04. The van der Waals surface area contributed by atoms with Crippen molar-refractivity contribution in [3.05, 3.63) is 35.7 Å². The monoisotopic (exact) mass is 161 g/mol. The van der Waals surface area contributed by atoms with Crippen molar-refractivity contribution in [2.75, 3.05) is 0 Å². The molecule has 0 spiro atoms. The summed E-state index contributed by atoms with van der Waals surface area (Å²) in [5.41, 5.74) is 3.60. The van der Waals surface area contributed by atoms with Crippen LogP contribution >= 0.6 is 0 Å². The number of hydrogen-bond donors (Lipinski definition) is 1. The van der Waals surface area contributed by atoms with Crippen molar-refractivity contribution in [2.24, 2.45) is 0 Å². The van der Waals surface area contributed by atoms with Crippen LogP contribution in [0.5, 0.6) is 0 Å². The molecule has 0 saturated heterocycles. The number of aromatic nitrogens is 1. The fourth-order valence-corrected chi connectivity index (χ4v) is 1.21. The maximum absolute atomic E-state index is 3.77. The van der Waals surface area contributed by atoms with Crippen molar-refractivity contribution >= 4 is 12.2 Å². The van der Waals surface area contributed by atoms with Gasteiger partial charge >= 0.3 is 0 Å². The lowest BCUT2D eigenvalue weighted by Crippen LogP contribution is -1.78. The van der Waals surface area contributed by atoms with Crippen molar-refractivity contribution in [3.8, 4) is 0 Å². The van der Waals surface area contributed by atoms with Gasteiger partial charge in [-0.15, -0.1) is 0 Å². The van der Waals surface area contributed by atoms with E-state index in [1.807, 2.05) is 19.1 Å². The van der Waals surface area contributed by atoms with Gasteiger partial charge in [0.2, 0.25) is 0 Å². The topological polar surface area (TPSA) is 15.8 Å². The van der Waals surface area contributed by atoms with Crippen molar-refractivity contribution in [2.45, 2.75) is 20.3 Å². The largest absolute Gasteiger partial charge is 0.358 e. The summed E-state index contributed by atoms with van der Waals surface area (Å²) in [6.45, 7) is 7.92. The Bertz CT molecular complexity index is 292. The SMILES string of the molecule is C=Cc1cc(CC)[nH]c1/C=C\C. The Labute approximate surface area is 73.8 Å². The molecule has 0 atom stereocenters. The zero-order valence-electron chi connectivity index (χ0n) is 7.72. The molecule has 0 radical (unpaired) electrons. The first-order valence-electron chi connectivity index (χ1n) is 4.28. The van der Waals surface area contributed by atoms with Gasteiger partial charge in [0.25, 0.3) is 0 Å². The summed E-state index contributed by atoms with van der Waals surface area (Å²) in [6, 6.07) is 2.14. The molecule has 64 valence electrons. The van der Waals surface area contributed by atoms with Gasteiger partial charge in [-0.25, -0.2) is 0 Å². The average molecular weight is 161 g/mol. The Balaban J connectivity index is 3.07. The Kier molecular flexibility index (Phi) is 2.92.